The molecule has 1 unspecified atom stereocenters. The van der Waals surface area contributed by atoms with E-state index in [0.717, 1.165) is 6.42 Å². The van der Waals surface area contributed by atoms with Crippen molar-refractivity contribution >= 4 is 12.4 Å². The highest BCUT2D eigenvalue weighted by Crippen LogP contribution is 2.05. The van der Waals surface area contributed by atoms with Gasteiger partial charge in [0.25, 0.3) is 6.47 Å². The molecular formula is C14H18O5. The first kappa shape index (κ1) is 15.2. The molecule has 0 spiro atoms. The summed E-state index contributed by atoms with van der Waals surface area (Å²) in [6, 6.07) is 9.87. The van der Waals surface area contributed by atoms with Gasteiger partial charge in [-0.1, -0.05) is 30.3 Å². The van der Waals surface area contributed by atoms with Crippen molar-refractivity contribution in [1.29, 1.82) is 0 Å². The van der Waals surface area contributed by atoms with E-state index in [2.05, 4.69) is 4.74 Å². The van der Waals surface area contributed by atoms with Crippen molar-refractivity contribution < 1.29 is 24.2 Å². The number of hydrogen-bond donors (Lipinski definition) is 1. The lowest BCUT2D eigenvalue weighted by molar-refractivity contribution is -0.148. The van der Waals surface area contributed by atoms with Crippen molar-refractivity contribution in [2.45, 2.75) is 25.4 Å². The van der Waals surface area contributed by atoms with Crippen molar-refractivity contribution in [3.05, 3.63) is 35.9 Å². The van der Waals surface area contributed by atoms with Gasteiger partial charge in [-0.25, -0.2) is 0 Å². The lowest BCUT2D eigenvalue weighted by atomic mass is 10.1. The van der Waals surface area contributed by atoms with Crippen LogP contribution in [0.2, 0.25) is 0 Å². The molecule has 0 fully saturated rings. The van der Waals surface area contributed by atoms with Crippen LogP contribution in [0, 0.1) is 0 Å². The summed E-state index contributed by atoms with van der Waals surface area (Å²) in [5.74, 6) is -0.360. The van der Waals surface area contributed by atoms with Gasteiger partial charge in [-0.15, -0.1) is 0 Å². The lowest BCUT2D eigenvalue weighted by Gasteiger charge is -2.10. The van der Waals surface area contributed by atoms with Gasteiger partial charge < -0.3 is 14.6 Å². The topological polar surface area (TPSA) is 72.8 Å². The molecule has 5 heteroatoms. The molecule has 0 aliphatic rings. The van der Waals surface area contributed by atoms with Crippen molar-refractivity contribution in [3.8, 4) is 0 Å². The Morgan fingerprint density at radius 2 is 2.00 bits per heavy atom. The Morgan fingerprint density at radius 3 is 2.68 bits per heavy atom. The van der Waals surface area contributed by atoms with Gasteiger partial charge in [0, 0.05) is 6.42 Å². The van der Waals surface area contributed by atoms with Gasteiger partial charge in [0.05, 0.1) is 0 Å². The van der Waals surface area contributed by atoms with Crippen LogP contribution in [-0.2, 0) is 25.5 Å². The largest absolute Gasteiger partial charge is 0.465 e. The Balaban J connectivity index is 2.09. The van der Waals surface area contributed by atoms with E-state index in [-0.39, 0.29) is 25.7 Å². The summed E-state index contributed by atoms with van der Waals surface area (Å²) in [5.41, 5.74) is 1.18. The number of hydrogen-bond acceptors (Lipinski definition) is 5. The summed E-state index contributed by atoms with van der Waals surface area (Å²) in [5, 5.41) is 9.27. The highest BCUT2D eigenvalue weighted by molar-refractivity contribution is 5.69. The number of aliphatic hydroxyl groups is 1. The van der Waals surface area contributed by atoms with Crippen molar-refractivity contribution in [2.24, 2.45) is 0 Å². The molecule has 0 saturated carbocycles. The number of esters is 1. The van der Waals surface area contributed by atoms with E-state index in [4.69, 9.17) is 4.74 Å². The number of carbonyl (C=O) groups excluding carboxylic acids is 2. The fraction of sp³-hybridized carbons (Fsp3) is 0.429. The summed E-state index contributed by atoms with van der Waals surface area (Å²) < 4.78 is 9.20. The quantitative estimate of drug-likeness (QED) is 0.535. The maximum absolute atomic E-state index is 11.4. The van der Waals surface area contributed by atoms with Gasteiger partial charge in [-0.05, 0) is 18.4 Å². The molecule has 0 amide bonds. The van der Waals surface area contributed by atoms with E-state index in [9.17, 15) is 14.7 Å². The summed E-state index contributed by atoms with van der Waals surface area (Å²) in [4.78, 5) is 21.3. The predicted octanol–water partition coefficient (Wildman–Crippen LogP) is 1.09. The number of rotatable bonds is 9. The molecule has 1 aromatic carbocycles. The third kappa shape index (κ3) is 7.21. The number of aliphatic hydroxyl groups excluding tert-OH is 1. The summed E-state index contributed by atoms with van der Waals surface area (Å²) in [6.07, 6.45) is 0.843. The number of aryl methyl sites for hydroxylation is 1. The van der Waals surface area contributed by atoms with Crippen LogP contribution in [0.25, 0.3) is 0 Å². The molecule has 0 radical (unpaired) electrons. The fourth-order valence-corrected chi connectivity index (χ4v) is 1.54. The fourth-order valence-electron chi connectivity index (χ4n) is 1.54. The predicted molar refractivity (Wildman–Crippen MR) is 68.4 cm³/mol. The van der Waals surface area contributed by atoms with E-state index in [1.807, 2.05) is 30.3 Å². The molecule has 5 nitrogen and oxygen atoms in total. The molecule has 0 aromatic heterocycles. The molecule has 0 heterocycles. The Hall–Kier alpha value is -1.88. The van der Waals surface area contributed by atoms with Crippen molar-refractivity contribution in [3.63, 3.8) is 0 Å². The summed E-state index contributed by atoms with van der Waals surface area (Å²) in [6.45, 7) is -0.0797. The number of benzene rings is 1. The molecule has 19 heavy (non-hydrogen) atoms. The Morgan fingerprint density at radius 1 is 1.26 bits per heavy atom. The highest BCUT2D eigenvalue weighted by Gasteiger charge is 2.09. The van der Waals surface area contributed by atoms with Gasteiger partial charge in [0.1, 0.15) is 19.3 Å². The Bertz CT molecular complexity index is 377. The second-order valence-corrected chi connectivity index (χ2v) is 4.11. The molecule has 1 atom stereocenters. The smallest absolute Gasteiger partial charge is 0.305 e. The molecule has 104 valence electrons. The molecule has 0 saturated heterocycles. The van der Waals surface area contributed by atoms with E-state index in [1.54, 1.807) is 0 Å². The Kier molecular flexibility index (Phi) is 7.27. The average molecular weight is 266 g/mol. The maximum Gasteiger partial charge on any atom is 0.305 e. The van der Waals surface area contributed by atoms with Crippen LogP contribution in [0.4, 0.5) is 0 Å². The minimum atomic E-state index is -0.969. The Labute approximate surface area is 112 Å². The molecular weight excluding hydrogens is 248 g/mol. The van der Waals surface area contributed by atoms with Crippen LogP contribution in [0.5, 0.6) is 0 Å². The molecule has 1 N–H and O–H groups in total. The zero-order valence-electron chi connectivity index (χ0n) is 10.7. The highest BCUT2D eigenvalue weighted by atomic mass is 16.6. The van der Waals surface area contributed by atoms with Crippen LogP contribution in [0.3, 0.4) is 0 Å². The number of ether oxygens (including phenoxy) is 2. The van der Waals surface area contributed by atoms with E-state index in [1.165, 1.54) is 5.56 Å². The molecule has 1 aromatic rings. The standard InChI is InChI=1S/C14H18O5/c15-11-18-9-13(16)10-19-14(17)8-4-7-12-5-2-1-3-6-12/h1-3,5-6,11,13,16H,4,7-10H2. The first-order valence-corrected chi connectivity index (χ1v) is 6.15. The van der Waals surface area contributed by atoms with Crippen LogP contribution < -0.4 is 0 Å². The van der Waals surface area contributed by atoms with Gasteiger partial charge in [-0.2, -0.15) is 0 Å². The van der Waals surface area contributed by atoms with Crippen LogP contribution in [0.15, 0.2) is 30.3 Å². The van der Waals surface area contributed by atoms with Crippen LogP contribution >= 0.6 is 0 Å². The molecule has 0 aliphatic heterocycles. The second kappa shape index (κ2) is 9.10. The van der Waals surface area contributed by atoms with Gasteiger partial charge in [0.2, 0.25) is 0 Å². The van der Waals surface area contributed by atoms with Crippen LogP contribution in [0.1, 0.15) is 18.4 Å². The van der Waals surface area contributed by atoms with Crippen molar-refractivity contribution in [2.75, 3.05) is 13.2 Å². The van der Waals surface area contributed by atoms with E-state index >= 15 is 0 Å². The minimum Gasteiger partial charge on any atom is -0.465 e. The zero-order valence-corrected chi connectivity index (χ0v) is 10.7. The molecule has 0 aliphatic carbocycles. The average Bonchev–Trinajstić information content (AvgIpc) is 2.44. The second-order valence-electron chi connectivity index (χ2n) is 4.11. The first-order valence-electron chi connectivity index (χ1n) is 6.15. The summed E-state index contributed by atoms with van der Waals surface area (Å²) >= 11 is 0. The normalized spacial score (nSPS) is 11.6. The first-order chi connectivity index (χ1) is 9.22. The van der Waals surface area contributed by atoms with E-state index in [0.29, 0.717) is 12.8 Å². The molecule has 1 rings (SSSR count). The lowest BCUT2D eigenvalue weighted by Crippen LogP contribution is -2.23. The maximum atomic E-state index is 11.4. The molecule has 0 bridgehead atoms. The number of carbonyl (C=O) groups is 2. The van der Waals surface area contributed by atoms with Gasteiger partial charge >= 0.3 is 5.97 Å². The van der Waals surface area contributed by atoms with Gasteiger partial charge in [-0.3, -0.25) is 9.59 Å². The third-order valence-corrected chi connectivity index (χ3v) is 2.48. The SMILES string of the molecule is O=COCC(O)COC(=O)CCCc1ccccc1. The summed E-state index contributed by atoms with van der Waals surface area (Å²) in [7, 11) is 0. The van der Waals surface area contributed by atoms with Crippen LogP contribution in [-0.4, -0.2) is 36.9 Å². The van der Waals surface area contributed by atoms with Crippen molar-refractivity contribution in [1.82, 2.24) is 0 Å². The zero-order chi connectivity index (χ0) is 13.9. The monoisotopic (exact) mass is 266 g/mol. The third-order valence-electron chi connectivity index (χ3n) is 2.48. The van der Waals surface area contributed by atoms with E-state index < -0.39 is 6.10 Å². The van der Waals surface area contributed by atoms with Gasteiger partial charge in [0.15, 0.2) is 0 Å². The minimum absolute atomic E-state index is 0.155.